The van der Waals surface area contributed by atoms with Crippen LogP contribution in [0.1, 0.15) is 37.8 Å². The van der Waals surface area contributed by atoms with Crippen LogP contribution < -0.4 is 0 Å². The van der Waals surface area contributed by atoms with Gasteiger partial charge >= 0.3 is 0 Å². The lowest BCUT2D eigenvalue weighted by molar-refractivity contribution is 0.131. The van der Waals surface area contributed by atoms with Crippen molar-refractivity contribution < 1.29 is 0 Å². The molecular formula is C18H20. The van der Waals surface area contributed by atoms with Crippen LogP contribution in [0.5, 0.6) is 0 Å². The monoisotopic (exact) mass is 236 g/mol. The molecule has 0 atom stereocenters. The Morgan fingerprint density at radius 2 is 0.944 bits per heavy atom. The summed E-state index contributed by atoms with van der Waals surface area (Å²) < 4.78 is 0. The number of hydrogen-bond acceptors (Lipinski definition) is 0. The van der Waals surface area contributed by atoms with E-state index >= 15 is 0 Å². The highest BCUT2D eigenvalue weighted by Gasteiger charge is 2.50. The summed E-state index contributed by atoms with van der Waals surface area (Å²) >= 11 is 0. The van der Waals surface area contributed by atoms with Crippen LogP contribution in [-0.4, -0.2) is 0 Å². The van der Waals surface area contributed by atoms with Gasteiger partial charge in [-0.3, -0.25) is 0 Å². The second-order valence-corrected chi connectivity index (χ2v) is 6.21. The molecule has 0 aliphatic heterocycles. The SMILES string of the molecule is C[C@]1(c2ccccc2)C[C@](C)(c2ccccc2)C1. The van der Waals surface area contributed by atoms with Crippen molar-refractivity contribution in [1.82, 2.24) is 0 Å². The average Bonchev–Trinajstić information content (AvgIpc) is 2.39. The predicted octanol–water partition coefficient (Wildman–Crippen LogP) is 4.70. The van der Waals surface area contributed by atoms with Crippen LogP contribution in [0.25, 0.3) is 0 Å². The Bertz CT molecular complexity index is 469. The van der Waals surface area contributed by atoms with Crippen molar-refractivity contribution in [3.05, 3.63) is 71.8 Å². The van der Waals surface area contributed by atoms with E-state index in [1.165, 1.54) is 24.0 Å². The van der Waals surface area contributed by atoms with Gasteiger partial charge in [0.05, 0.1) is 0 Å². The summed E-state index contributed by atoms with van der Waals surface area (Å²) in [5.41, 5.74) is 3.68. The number of hydrogen-bond donors (Lipinski definition) is 0. The van der Waals surface area contributed by atoms with Gasteiger partial charge in [0.1, 0.15) is 0 Å². The Balaban J connectivity index is 1.84. The Kier molecular flexibility index (Phi) is 2.55. The molecule has 2 aromatic rings. The lowest BCUT2D eigenvalue weighted by atomic mass is 9.50. The first-order valence-corrected chi connectivity index (χ1v) is 6.74. The first-order valence-electron chi connectivity index (χ1n) is 6.74. The molecule has 0 heteroatoms. The van der Waals surface area contributed by atoms with Crippen LogP contribution in [0, 0.1) is 0 Å². The topological polar surface area (TPSA) is 0 Å². The summed E-state index contributed by atoms with van der Waals surface area (Å²) in [5.74, 6) is 0. The molecule has 0 N–H and O–H groups in total. The lowest BCUT2D eigenvalue weighted by Gasteiger charge is -2.54. The van der Waals surface area contributed by atoms with E-state index in [-0.39, 0.29) is 0 Å². The number of rotatable bonds is 2. The Labute approximate surface area is 110 Å². The maximum absolute atomic E-state index is 2.40. The summed E-state index contributed by atoms with van der Waals surface area (Å²) in [6.45, 7) is 4.79. The van der Waals surface area contributed by atoms with Crippen LogP contribution >= 0.6 is 0 Å². The molecule has 2 aromatic carbocycles. The average molecular weight is 236 g/mol. The molecule has 1 saturated carbocycles. The Morgan fingerprint density at radius 3 is 1.28 bits per heavy atom. The molecule has 0 spiro atoms. The zero-order valence-corrected chi connectivity index (χ0v) is 11.2. The van der Waals surface area contributed by atoms with Gasteiger partial charge in [-0.1, -0.05) is 74.5 Å². The van der Waals surface area contributed by atoms with Gasteiger partial charge in [0.15, 0.2) is 0 Å². The largest absolute Gasteiger partial charge is 0.0622 e. The van der Waals surface area contributed by atoms with Crippen molar-refractivity contribution in [3.8, 4) is 0 Å². The van der Waals surface area contributed by atoms with E-state index in [1.54, 1.807) is 0 Å². The predicted molar refractivity (Wildman–Crippen MR) is 76.8 cm³/mol. The molecule has 3 rings (SSSR count). The van der Waals surface area contributed by atoms with Gasteiger partial charge in [0.25, 0.3) is 0 Å². The molecule has 1 fully saturated rings. The van der Waals surface area contributed by atoms with Crippen LogP contribution in [-0.2, 0) is 10.8 Å². The molecule has 0 radical (unpaired) electrons. The molecule has 0 bridgehead atoms. The molecule has 0 amide bonds. The molecular weight excluding hydrogens is 216 g/mol. The Hall–Kier alpha value is -1.56. The first kappa shape index (κ1) is 11.5. The van der Waals surface area contributed by atoms with Gasteiger partial charge in [0, 0.05) is 0 Å². The molecule has 92 valence electrons. The highest BCUT2D eigenvalue weighted by atomic mass is 14.5. The lowest BCUT2D eigenvalue weighted by Crippen LogP contribution is -2.48. The van der Waals surface area contributed by atoms with Gasteiger partial charge in [0.2, 0.25) is 0 Å². The fourth-order valence-corrected chi connectivity index (χ4v) is 3.76. The smallest absolute Gasteiger partial charge is 0.00585 e. The second kappa shape index (κ2) is 3.98. The zero-order chi connectivity index (χ0) is 12.6. The molecule has 0 heterocycles. The molecule has 0 nitrogen and oxygen atoms in total. The quantitative estimate of drug-likeness (QED) is 0.709. The van der Waals surface area contributed by atoms with Crippen LogP contribution in [0.15, 0.2) is 60.7 Å². The molecule has 1 aliphatic carbocycles. The van der Waals surface area contributed by atoms with Crippen molar-refractivity contribution in [2.75, 3.05) is 0 Å². The maximum atomic E-state index is 2.40. The summed E-state index contributed by atoms with van der Waals surface area (Å²) in [4.78, 5) is 0. The minimum Gasteiger partial charge on any atom is -0.0622 e. The fourth-order valence-electron chi connectivity index (χ4n) is 3.76. The van der Waals surface area contributed by atoms with E-state index < -0.39 is 0 Å². The van der Waals surface area contributed by atoms with Crippen LogP contribution in [0.3, 0.4) is 0 Å². The highest BCUT2D eigenvalue weighted by Crippen LogP contribution is 2.56. The maximum Gasteiger partial charge on any atom is -0.00585 e. The summed E-state index contributed by atoms with van der Waals surface area (Å²) in [6.07, 6.45) is 2.49. The normalized spacial score (nSPS) is 30.8. The Morgan fingerprint density at radius 1 is 0.611 bits per heavy atom. The third-order valence-electron chi connectivity index (χ3n) is 4.50. The fraction of sp³-hybridized carbons (Fsp3) is 0.333. The first-order chi connectivity index (χ1) is 8.62. The molecule has 0 saturated heterocycles. The van der Waals surface area contributed by atoms with Crippen molar-refractivity contribution in [3.63, 3.8) is 0 Å². The van der Waals surface area contributed by atoms with Crippen molar-refractivity contribution >= 4 is 0 Å². The minimum atomic E-state index is 0.353. The minimum absolute atomic E-state index is 0.353. The summed E-state index contributed by atoms with van der Waals surface area (Å²) in [7, 11) is 0. The summed E-state index contributed by atoms with van der Waals surface area (Å²) in [5, 5.41) is 0. The standard InChI is InChI=1S/C18H20/c1-17(15-9-5-3-6-10-15)13-18(2,14-17)16-11-7-4-8-12-16/h3-12H,13-14H2,1-2H3/t17-,18-. The van der Waals surface area contributed by atoms with Crippen molar-refractivity contribution in [2.45, 2.75) is 37.5 Å². The molecule has 18 heavy (non-hydrogen) atoms. The van der Waals surface area contributed by atoms with E-state index in [2.05, 4.69) is 74.5 Å². The van der Waals surface area contributed by atoms with Gasteiger partial charge < -0.3 is 0 Å². The third kappa shape index (κ3) is 1.77. The van der Waals surface area contributed by atoms with Gasteiger partial charge in [-0.15, -0.1) is 0 Å². The second-order valence-electron chi connectivity index (χ2n) is 6.21. The third-order valence-corrected chi connectivity index (χ3v) is 4.50. The van der Waals surface area contributed by atoms with Crippen molar-refractivity contribution in [2.24, 2.45) is 0 Å². The molecule has 0 unspecified atom stereocenters. The highest BCUT2D eigenvalue weighted by molar-refractivity contribution is 5.37. The summed E-state index contributed by atoms with van der Waals surface area (Å²) in [6, 6.07) is 21.9. The van der Waals surface area contributed by atoms with E-state index in [9.17, 15) is 0 Å². The van der Waals surface area contributed by atoms with Crippen LogP contribution in [0.4, 0.5) is 0 Å². The van der Waals surface area contributed by atoms with Gasteiger partial charge in [-0.05, 0) is 34.8 Å². The van der Waals surface area contributed by atoms with E-state index in [1.807, 2.05) is 0 Å². The van der Waals surface area contributed by atoms with Gasteiger partial charge in [-0.25, -0.2) is 0 Å². The number of benzene rings is 2. The van der Waals surface area contributed by atoms with Crippen LogP contribution in [0.2, 0.25) is 0 Å². The van der Waals surface area contributed by atoms with Crippen molar-refractivity contribution in [1.29, 1.82) is 0 Å². The van der Waals surface area contributed by atoms with E-state index in [0.29, 0.717) is 10.8 Å². The molecule has 1 aliphatic rings. The van der Waals surface area contributed by atoms with Gasteiger partial charge in [-0.2, -0.15) is 0 Å². The van der Waals surface area contributed by atoms with E-state index in [4.69, 9.17) is 0 Å². The zero-order valence-electron chi connectivity index (χ0n) is 11.2. The van der Waals surface area contributed by atoms with E-state index in [0.717, 1.165) is 0 Å². The molecule has 0 aromatic heterocycles.